The normalized spacial score (nSPS) is 22.6. The fourth-order valence-electron chi connectivity index (χ4n) is 4.94. The smallest absolute Gasteiger partial charge is 0.392 e. The van der Waals surface area contributed by atoms with Crippen LogP contribution in [0.4, 0.5) is 18.9 Å². The van der Waals surface area contributed by atoms with E-state index >= 15 is 0 Å². The largest absolute Gasteiger partial charge is 0.471 e. The maximum atomic E-state index is 13.0. The lowest BCUT2D eigenvalue weighted by Crippen LogP contribution is -2.48. The fourth-order valence-corrected chi connectivity index (χ4v) is 5.76. The molecule has 9 nitrogen and oxygen atoms in total. The molecule has 0 saturated carbocycles. The van der Waals surface area contributed by atoms with Crippen LogP contribution in [0.5, 0.6) is 0 Å². The molecule has 4 atom stereocenters. The number of aliphatic hydroxyl groups excluding tert-OH is 1. The highest BCUT2D eigenvalue weighted by molar-refractivity contribution is 7.99. The van der Waals surface area contributed by atoms with Gasteiger partial charge in [-0.05, 0) is 42.2 Å². The van der Waals surface area contributed by atoms with E-state index in [0.29, 0.717) is 39.9 Å². The summed E-state index contributed by atoms with van der Waals surface area (Å²) in [6.45, 7) is -0.181. The molecule has 2 fully saturated rings. The number of halogens is 3. The van der Waals surface area contributed by atoms with Gasteiger partial charge >= 0.3 is 12.1 Å². The van der Waals surface area contributed by atoms with Gasteiger partial charge in [-0.2, -0.15) is 13.2 Å². The molecule has 0 unspecified atom stereocenters. The van der Waals surface area contributed by atoms with Crippen LogP contribution >= 0.6 is 11.8 Å². The quantitative estimate of drug-likeness (QED) is 0.279. The number of likely N-dealkylation sites (tertiary alicyclic amines) is 1. The Labute approximate surface area is 244 Å². The fraction of sp³-hybridized carbons (Fsp3) is 0.379. The van der Waals surface area contributed by atoms with Gasteiger partial charge in [0.15, 0.2) is 11.4 Å². The molecule has 5 rings (SSSR count). The van der Waals surface area contributed by atoms with Crippen LogP contribution in [0.25, 0.3) is 0 Å². The van der Waals surface area contributed by atoms with Crippen LogP contribution in [0.15, 0.2) is 72.1 Å². The van der Waals surface area contributed by atoms with Crippen molar-refractivity contribution < 1.29 is 37.3 Å². The maximum absolute atomic E-state index is 13.0. The molecule has 2 aromatic carbocycles. The number of carbonyl (C=O) groups excluding carboxylic acids is 2. The molecule has 3 aromatic rings. The Morgan fingerprint density at radius 3 is 2.38 bits per heavy atom. The molecule has 2 aliphatic heterocycles. The van der Waals surface area contributed by atoms with E-state index in [2.05, 4.69) is 15.3 Å². The zero-order valence-electron chi connectivity index (χ0n) is 22.4. The van der Waals surface area contributed by atoms with Crippen molar-refractivity contribution in [1.82, 2.24) is 14.9 Å². The summed E-state index contributed by atoms with van der Waals surface area (Å²) in [5, 5.41) is 12.7. The first-order chi connectivity index (χ1) is 20.2. The summed E-state index contributed by atoms with van der Waals surface area (Å²) in [4.78, 5) is 33.6. The van der Waals surface area contributed by atoms with E-state index in [4.69, 9.17) is 9.47 Å². The number of aromatic nitrogens is 2. The third-order valence-electron chi connectivity index (χ3n) is 7.06. The van der Waals surface area contributed by atoms with Crippen LogP contribution in [-0.4, -0.2) is 62.4 Å². The summed E-state index contributed by atoms with van der Waals surface area (Å²) in [6.07, 6.45) is -1.87. The summed E-state index contributed by atoms with van der Waals surface area (Å²) >= 11 is 1.47. The molecule has 0 bridgehead atoms. The number of aliphatic hydroxyl groups is 1. The molecule has 13 heteroatoms. The van der Waals surface area contributed by atoms with Crippen molar-refractivity contribution in [1.29, 1.82) is 0 Å². The minimum Gasteiger partial charge on any atom is -0.392 e. The highest BCUT2D eigenvalue weighted by Crippen LogP contribution is 2.39. The lowest BCUT2D eigenvalue weighted by molar-refractivity contribution is -0.245. The van der Waals surface area contributed by atoms with E-state index in [1.165, 1.54) is 11.8 Å². The molecule has 3 heterocycles. The number of nitrogens with one attached hydrogen (secondary N) is 1. The number of rotatable bonds is 8. The number of thioether (sulfide) groups is 1. The number of carbonyl (C=O) groups is 2. The maximum Gasteiger partial charge on any atom is 0.471 e. The van der Waals surface area contributed by atoms with Crippen molar-refractivity contribution in [2.24, 2.45) is 0 Å². The van der Waals surface area contributed by atoms with Gasteiger partial charge in [-0.3, -0.25) is 9.59 Å². The zero-order chi connectivity index (χ0) is 29.7. The second-order valence-electron chi connectivity index (χ2n) is 9.96. The van der Waals surface area contributed by atoms with E-state index in [1.54, 1.807) is 42.7 Å². The number of ether oxygens (including phenoxy) is 2. The minimum atomic E-state index is -5.03. The number of anilines is 1. The number of benzene rings is 2. The van der Waals surface area contributed by atoms with Crippen molar-refractivity contribution in [3.05, 3.63) is 83.7 Å². The van der Waals surface area contributed by atoms with E-state index in [-0.39, 0.29) is 31.8 Å². The first kappa shape index (κ1) is 30.0. The standard InChI is InChI=1S/C29H29F3N4O5S/c30-29(31,32)27(39)36-14-1-3-23(36)25(38)35-21-10-8-20(9-11-21)26-40-22(17-42-28-33-12-2-13-34-28)15-24(41-26)19-6-4-18(16-37)5-7-19/h2,4-13,22-24,26,37H,1,3,14-17H2,(H,35,38)/t22-,23+,24+,26+/m1/s1. The number of hydrogen-bond acceptors (Lipinski definition) is 8. The van der Waals surface area contributed by atoms with Gasteiger partial charge in [-0.25, -0.2) is 9.97 Å². The monoisotopic (exact) mass is 602 g/mol. The molecule has 222 valence electrons. The zero-order valence-corrected chi connectivity index (χ0v) is 23.2. The van der Waals surface area contributed by atoms with Crippen LogP contribution in [0.2, 0.25) is 0 Å². The van der Waals surface area contributed by atoms with Gasteiger partial charge in [0.05, 0.1) is 18.8 Å². The van der Waals surface area contributed by atoms with E-state index < -0.39 is 30.3 Å². The molecule has 0 aliphatic carbocycles. The lowest BCUT2D eigenvalue weighted by Gasteiger charge is -2.36. The predicted molar refractivity (Wildman–Crippen MR) is 147 cm³/mol. The molecule has 0 radical (unpaired) electrons. The Hall–Kier alpha value is -3.52. The van der Waals surface area contributed by atoms with Gasteiger partial charge in [0, 0.05) is 42.4 Å². The Morgan fingerprint density at radius 2 is 1.71 bits per heavy atom. The highest BCUT2D eigenvalue weighted by Gasteiger charge is 2.47. The van der Waals surface area contributed by atoms with Gasteiger partial charge in [0.1, 0.15) is 6.04 Å². The lowest BCUT2D eigenvalue weighted by atomic mass is 10.0. The minimum absolute atomic E-state index is 0.0613. The summed E-state index contributed by atoms with van der Waals surface area (Å²) in [5.74, 6) is -2.10. The van der Waals surface area contributed by atoms with Crippen molar-refractivity contribution in [2.45, 2.75) is 61.7 Å². The third kappa shape index (κ3) is 7.27. The SMILES string of the molecule is O=C(Nc1ccc([C@H]2O[C@@H](CSc3ncccn3)C[C@@H](c3ccc(CO)cc3)O2)cc1)[C@@H]1CCCN1C(=O)C(F)(F)F. The van der Waals surface area contributed by atoms with Crippen molar-refractivity contribution >= 4 is 29.3 Å². The molecule has 42 heavy (non-hydrogen) atoms. The van der Waals surface area contributed by atoms with Crippen molar-refractivity contribution in [2.75, 3.05) is 17.6 Å². The number of amides is 2. The Balaban J connectivity index is 1.28. The number of alkyl halides is 3. The Bertz CT molecular complexity index is 1360. The predicted octanol–water partition coefficient (Wildman–Crippen LogP) is 4.80. The third-order valence-corrected chi connectivity index (χ3v) is 8.07. The van der Waals surface area contributed by atoms with Gasteiger partial charge in [-0.15, -0.1) is 0 Å². The Kier molecular flexibility index (Phi) is 9.41. The van der Waals surface area contributed by atoms with Crippen LogP contribution in [-0.2, 0) is 25.7 Å². The average Bonchev–Trinajstić information content (AvgIpc) is 3.50. The first-order valence-electron chi connectivity index (χ1n) is 13.4. The summed E-state index contributed by atoms with van der Waals surface area (Å²) in [6, 6.07) is 14.7. The van der Waals surface area contributed by atoms with E-state index in [1.807, 2.05) is 24.3 Å². The topological polar surface area (TPSA) is 114 Å². The molecule has 2 aliphatic rings. The van der Waals surface area contributed by atoms with Crippen LogP contribution in [0, 0.1) is 0 Å². The van der Waals surface area contributed by atoms with Gasteiger partial charge in [-0.1, -0.05) is 48.2 Å². The van der Waals surface area contributed by atoms with Crippen LogP contribution < -0.4 is 5.32 Å². The van der Waals surface area contributed by atoms with Crippen LogP contribution in [0.3, 0.4) is 0 Å². The van der Waals surface area contributed by atoms with Crippen molar-refractivity contribution in [3.8, 4) is 0 Å². The molecule has 2 N–H and O–H groups in total. The van der Waals surface area contributed by atoms with Gasteiger partial charge in [0.25, 0.3) is 0 Å². The Morgan fingerprint density at radius 1 is 1.02 bits per heavy atom. The molecular formula is C29H29F3N4O5S. The summed E-state index contributed by atoms with van der Waals surface area (Å²) in [7, 11) is 0. The summed E-state index contributed by atoms with van der Waals surface area (Å²) in [5.41, 5.74) is 2.78. The molecular weight excluding hydrogens is 573 g/mol. The van der Waals surface area contributed by atoms with Gasteiger partial charge < -0.3 is 24.8 Å². The molecule has 0 spiro atoms. The van der Waals surface area contributed by atoms with E-state index in [9.17, 15) is 27.9 Å². The summed E-state index contributed by atoms with van der Waals surface area (Å²) < 4.78 is 51.5. The first-order valence-corrected chi connectivity index (χ1v) is 14.4. The molecule has 2 amide bonds. The van der Waals surface area contributed by atoms with Crippen molar-refractivity contribution in [3.63, 3.8) is 0 Å². The number of hydrogen-bond donors (Lipinski definition) is 2. The highest BCUT2D eigenvalue weighted by atomic mass is 32.2. The second-order valence-corrected chi connectivity index (χ2v) is 10.9. The average molecular weight is 603 g/mol. The number of nitrogens with zero attached hydrogens (tertiary/aromatic N) is 3. The second kappa shape index (κ2) is 13.2. The van der Waals surface area contributed by atoms with E-state index in [0.717, 1.165) is 11.1 Å². The van der Waals surface area contributed by atoms with Crippen LogP contribution in [0.1, 0.15) is 48.3 Å². The van der Waals surface area contributed by atoms with Gasteiger partial charge in [0.2, 0.25) is 5.91 Å². The molecule has 1 aromatic heterocycles. The molecule has 2 saturated heterocycles.